The van der Waals surface area contributed by atoms with Crippen molar-refractivity contribution in [1.29, 1.82) is 0 Å². The number of ether oxygens (including phenoxy) is 3. The zero-order valence-electron chi connectivity index (χ0n) is 22.8. The second-order valence-electron chi connectivity index (χ2n) is 10.1. The molecule has 2 aliphatic heterocycles. The smallest absolute Gasteiger partial charge is 0.339 e. The third-order valence-electron chi connectivity index (χ3n) is 6.72. The molecule has 0 bridgehead atoms. The Hall–Kier alpha value is -1.92. The van der Waals surface area contributed by atoms with Crippen LogP contribution in [0.3, 0.4) is 0 Å². The molecule has 0 spiro atoms. The van der Waals surface area contributed by atoms with Crippen LogP contribution in [0.25, 0.3) is 0 Å². The molecule has 2 aliphatic rings. The molecular formula is C28H45NO5. The Balaban J connectivity index is 0.00000199. The Kier molecular flexibility index (Phi) is 10.1. The quantitative estimate of drug-likeness (QED) is 0.518. The molecule has 1 amide bonds. The molecule has 0 aliphatic carbocycles. The molecule has 1 saturated heterocycles. The first-order valence-corrected chi connectivity index (χ1v) is 12.8. The number of hydrogen-bond acceptors (Lipinski definition) is 5. The lowest BCUT2D eigenvalue weighted by atomic mass is 9.82. The van der Waals surface area contributed by atoms with Crippen LogP contribution in [0, 0.1) is 26.7 Å². The van der Waals surface area contributed by atoms with Crippen molar-refractivity contribution in [2.24, 2.45) is 5.92 Å². The minimum atomic E-state index is -0.811. The highest BCUT2D eigenvalue weighted by molar-refractivity contribution is 5.83. The van der Waals surface area contributed by atoms with Gasteiger partial charge in [-0.15, -0.1) is 0 Å². The first-order chi connectivity index (χ1) is 16.0. The van der Waals surface area contributed by atoms with Crippen molar-refractivity contribution >= 4 is 11.9 Å². The predicted octanol–water partition coefficient (Wildman–Crippen LogP) is 5.37. The summed E-state index contributed by atoms with van der Waals surface area (Å²) in [6.07, 6.45) is 1.58. The summed E-state index contributed by atoms with van der Waals surface area (Å²) in [6.45, 7) is 21.1. The SMILES string of the molecule is CC.CCOC(=O)[C@@H](OC(C)(C)C)c1c(C)c(C)c2c(c1C)CC(=O)N(CC1CCOCC1)C2. The second-order valence-corrected chi connectivity index (χ2v) is 10.1. The highest BCUT2D eigenvalue weighted by Crippen LogP contribution is 2.38. The number of fused-ring (bicyclic) bond motifs is 1. The van der Waals surface area contributed by atoms with E-state index in [1.807, 2.05) is 46.4 Å². The summed E-state index contributed by atoms with van der Waals surface area (Å²) in [6, 6.07) is 0. The van der Waals surface area contributed by atoms with Crippen LogP contribution < -0.4 is 0 Å². The molecule has 0 radical (unpaired) electrons. The molecule has 2 heterocycles. The van der Waals surface area contributed by atoms with Crippen molar-refractivity contribution in [1.82, 2.24) is 4.90 Å². The van der Waals surface area contributed by atoms with E-state index in [0.29, 0.717) is 25.5 Å². The summed E-state index contributed by atoms with van der Waals surface area (Å²) in [5.74, 6) is 0.284. The standard InChI is InChI=1S/C26H39NO5.C2H6/c1-8-31-25(29)24(32-26(5,6)7)23-17(3)16(2)21-15-27(14-19-9-11-30-12-10-19)22(28)13-20(21)18(23)4;1-2/h19,24H,8-15H2,1-7H3;1-2H3/t24-;/m0./s1. The predicted molar refractivity (Wildman–Crippen MR) is 135 cm³/mol. The summed E-state index contributed by atoms with van der Waals surface area (Å²) in [4.78, 5) is 28.0. The monoisotopic (exact) mass is 475 g/mol. The molecule has 0 N–H and O–H groups in total. The summed E-state index contributed by atoms with van der Waals surface area (Å²) in [5.41, 5.74) is 5.75. The van der Waals surface area contributed by atoms with E-state index in [0.717, 1.165) is 60.4 Å². The largest absolute Gasteiger partial charge is 0.464 e. The lowest BCUT2D eigenvalue weighted by molar-refractivity contribution is -0.167. The fraction of sp³-hybridized carbons (Fsp3) is 0.714. The minimum Gasteiger partial charge on any atom is -0.464 e. The van der Waals surface area contributed by atoms with Gasteiger partial charge in [-0.2, -0.15) is 0 Å². The molecule has 1 fully saturated rings. The number of carbonyl (C=O) groups is 2. The van der Waals surface area contributed by atoms with Gasteiger partial charge in [0.05, 0.1) is 18.6 Å². The Bertz CT molecular complexity index is 865. The molecule has 0 saturated carbocycles. The van der Waals surface area contributed by atoms with E-state index in [2.05, 4.69) is 13.8 Å². The van der Waals surface area contributed by atoms with Crippen molar-refractivity contribution in [2.45, 2.75) is 99.8 Å². The number of amides is 1. The number of esters is 1. The fourth-order valence-electron chi connectivity index (χ4n) is 4.92. The van der Waals surface area contributed by atoms with E-state index in [1.54, 1.807) is 6.92 Å². The molecular weight excluding hydrogens is 430 g/mol. The average Bonchev–Trinajstić information content (AvgIpc) is 2.79. The van der Waals surface area contributed by atoms with Crippen LogP contribution in [0.2, 0.25) is 0 Å². The van der Waals surface area contributed by atoms with Crippen LogP contribution in [0.4, 0.5) is 0 Å². The Morgan fingerprint density at radius 2 is 1.68 bits per heavy atom. The zero-order chi connectivity index (χ0) is 25.6. The number of rotatable bonds is 6. The highest BCUT2D eigenvalue weighted by Gasteiger charge is 2.35. The van der Waals surface area contributed by atoms with Gasteiger partial charge in [-0.05, 0) is 101 Å². The van der Waals surface area contributed by atoms with Gasteiger partial charge >= 0.3 is 5.97 Å². The van der Waals surface area contributed by atoms with Gasteiger partial charge in [-0.1, -0.05) is 13.8 Å². The Morgan fingerprint density at radius 1 is 1.06 bits per heavy atom. The van der Waals surface area contributed by atoms with Gasteiger partial charge in [0, 0.05) is 26.3 Å². The van der Waals surface area contributed by atoms with Gasteiger partial charge in [0.1, 0.15) is 0 Å². The number of benzene rings is 1. The van der Waals surface area contributed by atoms with Gasteiger partial charge in [0.2, 0.25) is 5.91 Å². The van der Waals surface area contributed by atoms with Gasteiger partial charge in [0.25, 0.3) is 0 Å². The van der Waals surface area contributed by atoms with Gasteiger partial charge in [0.15, 0.2) is 6.10 Å². The first kappa shape index (κ1) is 28.3. The molecule has 3 rings (SSSR count). The van der Waals surface area contributed by atoms with E-state index >= 15 is 0 Å². The normalized spacial score (nSPS) is 17.6. The van der Waals surface area contributed by atoms with Crippen molar-refractivity contribution < 1.29 is 23.8 Å². The van der Waals surface area contributed by atoms with Gasteiger partial charge < -0.3 is 19.1 Å². The molecule has 192 valence electrons. The average molecular weight is 476 g/mol. The summed E-state index contributed by atoms with van der Waals surface area (Å²) in [7, 11) is 0. The molecule has 0 unspecified atom stereocenters. The van der Waals surface area contributed by atoms with E-state index < -0.39 is 11.7 Å². The van der Waals surface area contributed by atoms with Crippen LogP contribution in [0.5, 0.6) is 0 Å². The first-order valence-electron chi connectivity index (χ1n) is 12.8. The molecule has 1 aromatic carbocycles. The maximum Gasteiger partial charge on any atom is 0.339 e. The fourth-order valence-corrected chi connectivity index (χ4v) is 4.92. The van der Waals surface area contributed by atoms with Crippen LogP contribution >= 0.6 is 0 Å². The van der Waals surface area contributed by atoms with Crippen LogP contribution in [-0.2, 0) is 36.8 Å². The topological polar surface area (TPSA) is 65.1 Å². The zero-order valence-corrected chi connectivity index (χ0v) is 22.8. The van der Waals surface area contributed by atoms with Gasteiger partial charge in [-0.3, -0.25) is 4.79 Å². The van der Waals surface area contributed by atoms with Crippen molar-refractivity contribution in [3.8, 4) is 0 Å². The van der Waals surface area contributed by atoms with Crippen molar-refractivity contribution in [3.05, 3.63) is 33.4 Å². The van der Waals surface area contributed by atoms with Crippen molar-refractivity contribution in [2.75, 3.05) is 26.4 Å². The molecule has 34 heavy (non-hydrogen) atoms. The van der Waals surface area contributed by atoms with Gasteiger partial charge in [-0.25, -0.2) is 4.79 Å². The molecule has 6 heteroatoms. The van der Waals surface area contributed by atoms with E-state index in [9.17, 15) is 9.59 Å². The summed E-state index contributed by atoms with van der Waals surface area (Å²) in [5, 5.41) is 0. The van der Waals surface area contributed by atoms with Crippen LogP contribution in [-0.4, -0.2) is 48.7 Å². The lowest BCUT2D eigenvalue weighted by Crippen LogP contribution is -2.41. The molecule has 1 aromatic rings. The van der Waals surface area contributed by atoms with Crippen LogP contribution in [0.15, 0.2) is 0 Å². The molecule has 6 nitrogen and oxygen atoms in total. The van der Waals surface area contributed by atoms with Crippen LogP contribution in [0.1, 0.15) is 93.9 Å². The minimum absolute atomic E-state index is 0.158. The second kappa shape index (κ2) is 12.2. The molecule has 0 aromatic heterocycles. The highest BCUT2D eigenvalue weighted by atomic mass is 16.6. The van der Waals surface area contributed by atoms with E-state index in [-0.39, 0.29) is 11.9 Å². The molecule has 1 atom stereocenters. The maximum absolute atomic E-state index is 13.1. The number of nitrogens with zero attached hydrogens (tertiary/aromatic N) is 1. The maximum atomic E-state index is 13.1. The van der Waals surface area contributed by atoms with E-state index in [1.165, 1.54) is 5.56 Å². The summed E-state index contributed by atoms with van der Waals surface area (Å²) >= 11 is 0. The van der Waals surface area contributed by atoms with E-state index in [4.69, 9.17) is 14.2 Å². The lowest BCUT2D eigenvalue weighted by Gasteiger charge is -2.37. The third kappa shape index (κ3) is 6.60. The Labute approximate surface area is 206 Å². The Morgan fingerprint density at radius 3 is 2.24 bits per heavy atom. The summed E-state index contributed by atoms with van der Waals surface area (Å²) < 4.78 is 17.1. The van der Waals surface area contributed by atoms with Crippen molar-refractivity contribution in [3.63, 3.8) is 0 Å². The third-order valence-corrected chi connectivity index (χ3v) is 6.72. The number of hydrogen-bond donors (Lipinski definition) is 0. The number of carbonyl (C=O) groups excluding carboxylic acids is 2.